The number of hydrogen-bond acceptors (Lipinski definition) is 5. The van der Waals surface area contributed by atoms with Gasteiger partial charge < -0.3 is 10.4 Å². The molecule has 0 aliphatic heterocycles. The van der Waals surface area contributed by atoms with Crippen molar-refractivity contribution in [3.05, 3.63) is 69.8 Å². The number of para-hydroxylation sites is 1. The highest BCUT2D eigenvalue weighted by atomic mass is 32.1. The number of fused-ring (bicyclic) bond motifs is 2. The largest absolute Gasteiger partial charge is 0.387 e. The van der Waals surface area contributed by atoms with Gasteiger partial charge in [0.05, 0.1) is 17.0 Å². The van der Waals surface area contributed by atoms with Crippen LogP contribution < -0.4 is 10.9 Å². The summed E-state index contributed by atoms with van der Waals surface area (Å²) in [4.78, 5) is 19.1. The number of nitrogens with one attached hydrogen (secondary N) is 2. The van der Waals surface area contributed by atoms with Crippen LogP contribution in [0.3, 0.4) is 0 Å². The maximum Gasteiger partial charge on any atom is 0.260 e. The normalized spacial score (nSPS) is 12.5. The van der Waals surface area contributed by atoms with E-state index in [1.54, 1.807) is 29.5 Å². The molecule has 2 heterocycles. The molecule has 24 heavy (non-hydrogen) atoms. The van der Waals surface area contributed by atoms with E-state index in [0.29, 0.717) is 16.9 Å². The summed E-state index contributed by atoms with van der Waals surface area (Å²) in [5.74, 6) is 0.359. The van der Waals surface area contributed by atoms with Gasteiger partial charge in [0.2, 0.25) is 5.95 Å². The number of hydrogen-bond donors (Lipinski definition) is 3. The Hall–Kier alpha value is -2.70. The molecular formula is C18H15N3O2S. The first-order chi connectivity index (χ1) is 11.7. The molecule has 0 aliphatic carbocycles. The molecule has 4 rings (SSSR count). The van der Waals surface area contributed by atoms with Crippen molar-refractivity contribution in [2.24, 2.45) is 0 Å². The average Bonchev–Trinajstić information content (AvgIpc) is 3.04. The summed E-state index contributed by atoms with van der Waals surface area (Å²) in [6.45, 7) is 0.266. The van der Waals surface area contributed by atoms with Crippen molar-refractivity contribution >= 4 is 38.3 Å². The molecule has 0 radical (unpaired) electrons. The Morgan fingerprint density at radius 3 is 2.75 bits per heavy atom. The predicted octanol–water partition coefficient (Wildman–Crippen LogP) is 3.28. The molecule has 0 aliphatic rings. The second kappa shape index (κ2) is 6.07. The molecule has 2 aromatic heterocycles. The number of aliphatic hydroxyl groups excluding tert-OH is 1. The zero-order chi connectivity index (χ0) is 16.5. The van der Waals surface area contributed by atoms with E-state index in [2.05, 4.69) is 15.3 Å². The molecule has 2 aromatic carbocycles. The zero-order valence-electron chi connectivity index (χ0n) is 12.7. The summed E-state index contributed by atoms with van der Waals surface area (Å²) in [5, 5.41) is 17.1. The number of benzene rings is 2. The Kier molecular flexibility index (Phi) is 3.76. The summed E-state index contributed by atoms with van der Waals surface area (Å²) in [6.07, 6.45) is -0.682. The molecule has 5 nitrogen and oxygen atoms in total. The third kappa shape index (κ3) is 2.66. The van der Waals surface area contributed by atoms with E-state index in [4.69, 9.17) is 0 Å². The molecule has 6 heteroatoms. The third-order valence-electron chi connectivity index (χ3n) is 3.95. The van der Waals surface area contributed by atoms with Crippen LogP contribution in [-0.4, -0.2) is 21.6 Å². The smallest absolute Gasteiger partial charge is 0.260 e. The summed E-state index contributed by atoms with van der Waals surface area (Å²) >= 11 is 1.61. The van der Waals surface area contributed by atoms with Gasteiger partial charge in [-0.3, -0.25) is 9.78 Å². The van der Waals surface area contributed by atoms with E-state index in [0.717, 1.165) is 15.6 Å². The fraction of sp³-hybridized carbons (Fsp3) is 0.111. The molecule has 4 aromatic rings. The molecule has 120 valence electrons. The van der Waals surface area contributed by atoms with Crippen molar-refractivity contribution in [1.82, 2.24) is 9.97 Å². The number of aromatic nitrogens is 2. The van der Waals surface area contributed by atoms with Crippen molar-refractivity contribution in [3.8, 4) is 0 Å². The number of rotatable bonds is 4. The van der Waals surface area contributed by atoms with E-state index in [9.17, 15) is 9.90 Å². The zero-order valence-corrected chi connectivity index (χ0v) is 13.5. The second-order valence-electron chi connectivity index (χ2n) is 5.52. The lowest BCUT2D eigenvalue weighted by Gasteiger charge is -2.12. The number of thiophene rings is 1. The van der Waals surface area contributed by atoms with Crippen LogP contribution in [0.1, 0.15) is 11.7 Å². The standard InChI is InChI=1S/C18H15N3O2S/c22-15(13-10-24-16-8-4-2-5-11(13)16)9-19-18-20-14-7-3-1-6-12(14)17(23)21-18/h1-8,10,15,22H,9H2,(H2,19,20,21,23). The quantitative estimate of drug-likeness (QED) is 0.534. The number of aromatic amines is 1. The van der Waals surface area contributed by atoms with Crippen LogP contribution in [0.4, 0.5) is 5.95 Å². The fourth-order valence-corrected chi connectivity index (χ4v) is 3.74. The van der Waals surface area contributed by atoms with E-state index in [1.165, 1.54) is 0 Å². The topological polar surface area (TPSA) is 78.0 Å². The van der Waals surface area contributed by atoms with Gasteiger partial charge in [0, 0.05) is 16.8 Å². The highest BCUT2D eigenvalue weighted by molar-refractivity contribution is 7.17. The maximum atomic E-state index is 12.1. The minimum absolute atomic E-state index is 0.196. The number of aliphatic hydroxyl groups is 1. The van der Waals surface area contributed by atoms with E-state index >= 15 is 0 Å². The van der Waals surface area contributed by atoms with Gasteiger partial charge in [-0.15, -0.1) is 11.3 Å². The van der Waals surface area contributed by atoms with Crippen LogP contribution in [0.2, 0.25) is 0 Å². The van der Waals surface area contributed by atoms with Gasteiger partial charge in [-0.25, -0.2) is 4.98 Å². The minimum atomic E-state index is -0.682. The first kappa shape index (κ1) is 14.9. The number of H-pyrrole nitrogens is 1. The van der Waals surface area contributed by atoms with Gasteiger partial charge in [-0.05, 0) is 29.0 Å². The lowest BCUT2D eigenvalue weighted by molar-refractivity contribution is 0.193. The molecule has 0 saturated carbocycles. The Morgan fingerprint density at radius 1 is 1.12 bits per heavy atom. The monoisotopic (exact) mass is 337 g/mol. The van der Waals surface area contributed by atoms with Crippen LogP contribution in [0.15, 0.2) is 58.7 Å². The molecule has 0 saturated heterocycles. The van der Waals surface area contributed by atoms with E-state index in [-0.39, 0.29) is 12.1 Å². The van der Waals surface area contributed by atoms with Gasteiger partial charge in [-0.1, -0.05) is 30.3 Å². The van der Waals surface area contributed by atoms with Crippen molar-refractivity contribution in [1.29, 1.82) is 0 Å². The van der Waals surface area contributed by atoms with Gasteiger partial charge in [0.15, 0.2) is 0 Å². The van der Waals surface area contributed by atoms with Gasteiger partial charge in [0.25, 0.3) is 5.56 Å². The first-order valence-electron chi connectivity index (χ1n) is 7.59. The number of nitrogens with zero attached hydrogens (tertiary/aromatic N) is 1. The molecule has 0 bridgehead atoms. The van der Waals surface area contributed by atoms with Crippen LogP contribution in [0, 0.1) is 0 Å². The maximum absolute atomic E-state index is 12.1. The van der Waals surface area contributed by atoms with Gasteiger partial charge in [0.1, 0.15) is 0 Å². The Morgan fingerprint density at radius 2 is 1.88 bits per heavy atom. The van der Waals surface area contributed by atoms with Crippen LogP contribution in [-0.2, 0) is 0 Å². The fourth-order valence-electron chi connectivity index (χ4n) is 2.73. The van der Waals surface area contributed by atoms with Crippen LogP contribution in [0.5, 0.6) is 0 Å². The molecule has 3 N–H and O–H groups in total. The van der Waals surface area contributed by atoms with E-state index in [1.807, 2.05) is 35.7 Å². The van der Waals surface area contributed by atoms with Crippen molar-refractivity contribution < 1.29 is 5.11 Å². The Balaban J connectivity index is 1.57. The molecule has 0 spiro atoms. The van der Waals surface area contributed by atoms with Crippen molar-refractivity contribution in [2.45, 2.75) is 6.10 Å². The van der Waals surface area contributed by atoms with Crippen molar-refractivity contribution in [3.63, 3.8) is 0 Å². The molecular weight excluding hydrogens is 322 g/mol. The molecule has 1 atom stereocenters. The second-order valence-corrected chi connectivity index (χ2v) is 6.43. The molecule has 0 amide bonds. The van der Waals surface area contributed by atoms with Crippen LogP contribution in [0.25, 0.3) is 21.0 Å². The van der Waals surface area contributed by atoms with Crippen LogP contribution >= 0.6 is 11.3 Å². The summed E-state index contributed by atoms with van der Waals surface area (Å²) in [5.41, 5.74) is 1.31. The lowest BCUT2D eigenvalue weighted by atomic mass is 10.1. The highest BCUT2D eigenvalue weighted by Gasteiger charge is 2.13. The molecule has 0 fully saturated rings. The Bertz CT molecular complexity index is 1070. The Labute approximate surface area is 141 Å². The van der Waals surface area contributed by atoms with Crippen molar-refractivity contribution in [2.75, 3.05) is 11.9 Å². The summed E-state index contributed by atoms with van der Waals surface area (Å²) in [6, 6.07) is 15.1. The SMILES string of the molecule is O=c1[nH]c(NCC(O)c2csc3ccccc23)nc2ccccc12. The lowest BCUT2D eigenvalue weighted by Crippen LogP contribution is -2.17. The number of anilines is 1. The highest BCUT2D eigenvalue weighted by Crippen LogP contribution is 2.30. The van der Waals surface area contributed by atoms with Gasteiger partial charge >= 0.3 is 0 Å². The predicted molar refractivity (Wildman–Crippen MR) is 97.6 cm³/mol. The summed E-state index contributed by atoms with van der Waals surface area (Å²) in [7, 11) is 0. The van der Waals surface area contributed by atoms with Gasteiger partial charge in [-0.2, -0.15) is 0 Å². The minimum Gasteiger partial charge on any atom is -0.387 e. The molecule has 1 unspecified atom stereocenters. The third-order valence-corrected chi connectivity index (χ3v) is 4.93. The summed E-state index contributed by atoms with van der Waals surface area (Å²) < 4.78 is 1.14. The average molecular weight is 337 g/mol. The van der Waals surface area contributed by atoms with E-state index < -0.39 is 6.10 Å². The first-order valence-corrected chi connectivity index (χ1v) is 8.47.